The van der Waals surface area contributed by atoms with E-state index < -0.39 is 0 Å². The average Bonchev–Trinajstić information content (AvgIpc) is 3.26. The zero-order chi connectivity index (χ0) is 16.6. The zero-order valence-electron chi connectivity index (χ0n) is 14.0. The summed E-state index contributed by atoms with van der Waals surface area (Å²) in [4.78, 5) is 2.51. The molecule has 0 bridgehead atoms. The summed E-state index contributed by atoms with van der Waals surface area (Å²) in [5.74, 6) is 0. The van der Waals surface area contributed by atoms with Gasteiger partial charge in [-0.1, -0.05) is 65.9 Å². The average molecular weight is 331 g/mol. The van der Waals surface area contributed by atoms with Crippen LogP contribution in [0.3, 0.4) is 0 Å². The van der Waals surface area contributed by atoms with E-state index in [4.69, 9.17) is 0 Å². The summed E-state index contributed by atoms with van der Waals surface area (Å²) in [6.07, 6.45) is 0. The first-order chi connectivity index (χ1) is 12.4. The van der Waals surface area contributed by atoms with Crippen LogP contribution < -0.4 is 5.32 Å². The Bertz CT molecular complexity index is 858. The van der Waals surface area contributed by atoms with Crippen LogP contribution in [0.25, 0.3) is 11.3 Å². The molecule has 3 aromatic rings. The van der Waals surface area contributed by atoms with Gasteiger partial charge >= 0.3 is 0 Å². The summed E-state index contributed by atoms with van der Waals surface area (Å²) in [6.45, 7) is 3.89. The van der Waals surface area contributed by atoms with E-state index in [1.54, 1.807) is 0 Å². The maximum Gasteiger partial charge on any atom is 0.117 e. The van der Waals surface area contributed by atoms with Crippen molar-refractivity contribution >= 4 is 0 Å². The number of benzene rings is 2. The lowest BCUT2D eigenvalue weighted by atomic mass is 10.1. The molecule has 5 rings (SSSR count). The monoisotopic (exact) mass is 331 g/mol. The fourth-order valence-corrected chi connectivity index (χ4v) is 4.08. The Morgan fingerprint density at radius 3 is 2.52 bits per heavy atom. The SMILES string of the molecule is c1ccc(CN2C[C@@H]3NCc4c(-c5ccccc5)nnn4[C@@H]3C2)cc1. The molecule has 0 radical (unpaired) electrons. The van der Waals surface area contributed by atoms with Crippen molar-refractivity contribution in [3.8, 4) is 11.3 Å². The van der Waals surface area contributed by atoms with E-state index in [0.29, 0.717) is 12.1 Å². The van der Waals surface area contributed by atoms with Gasteiger partial charge in [0.1, 0.15) is 5.69 Å². The summed E-state index contributed by atoms with van der Waals surface area (Å²) in [6, 6.07) is 21.8. The normalized spacial score (nSPS) is 22.6. The predicted molar refractivity (Wildman–Crippen MR) is 96.8 cm³/mol. The van der Waals surface area contributed by atoms with E-state index in [0.717, 1.165) is 37.4 Å². The van der Waals surface area contributed by atoms with Crippen molar-refractivity contribution < 1.29 is 0 Å². The van der Waals surface area contributed by atoms with Gasteiger partial charge < -0.3 is 5.32 Å². The van der Waals surface area contributed by atoms with E-state index in [2.05, 4.69) is 79.8 Å². The third-order valence-corrected chi connectivity index (χ3v) is 5.30. The van der Waals surface area contributed by atoms with Crippen molar-refractivity contribution in [1.82, 2.24) is 25.2 Å². The quantitative estimate of drug-likeness (QED) is 0.801. The molecule has 25 heavy (non-hydrogen) atoms. The molecule has 0 spiro atoms. The fraction of sp³-hybridized carbons (Fsp3) is 0.300. The molecule has 2 aliphatic heterocycles. The van der Waals surface area contributed by atoms with Gasteiger partial charge in [-0.05, 0) is 5.56 Å². The molecule has 5 nitrogen and oxygen atoms in total. The van der Waals surface area contributed by atoms with E-state index in [1.807, 2.05) is 6.07 Å². The van der Waals surface area contributed by atoms with Crippen molar-refractivity contribution in [2.24, 2.45) is 0 Å². The molecule has 1 N–H and O–H groups in total. The van der Waals surface area contributed by atoms with Crippen LogP contribution in [0.1, 0.15) is 17.3 Å². The molecule has 1 fully saturated rings. The third-order valence-electron chi connectivity index (χ3n) is 5.30. The van der Waals surface area contributed by atoms with Gasteiger partial charge in [0.05, 0.1) is 11.7 Å². The van der Waals surface area contributed by atoms with E-state index in [9.17, 15) is 0 Å². The van der Waals surface area contributed by atoms with Crippen molar-refractivity contribution in [1.29, 1.82) is 0 Å². The first kappa shape index (κ1) is 14.8. The van der Waals surface area contributed by atoms with Gasteiger partial charge in [-0.15, -0.1) is 5.10 Å². The Balaban J connectivity index is 1.40. The van der Waals surface area contributed by atoms with Gasteiger partial charge in [-0.25, -0.2) is 4.68 Å². The maximum absolute atomic E-state index is 4.52. The standard InChI is InChI=1S/C20H21N5/c1-3-7-15(8-4-1)12-24-13-17-19(14-24)25-18(11-21-17)20(22-23-25)16-9-5-2-6-10-16/h1-10,17,19,21H,11-14H2/t17-,19+/m0/s1. The lowest BCUT2D eigenvalue weighted by molar-refractivity contribution is 0.307. The minimum Gasteiger partial charge on any atom is -0.305 e. The Hall–Kier alpha value is -2.50. The minimum atomic E-state index is 0.359. The summed E-state index contributed by atoms with van der Waals surface area (Å²) >= 11 is 0. The number of nitrogens with one attached hydrogen (secondary N) is 1. The number of hydrogen-bond donors (Lipinski definition) is 1. The van der Waals surface area contributed by atoms with E-state index in [1.165, 1.54) is 11.3 Å². The van der Waals surface area contributed by atoms with Crippen LogP contribution in [0.15, 0.2) is 60.7 Å². The molecule has 2 atom stereocenters. The molecule has 0 amide bonds. The molecular formula is C20H21N5. The number of aromatic nitrogens is 3. The summed E-state index contributed by atoms with van der Waals surface area (Å²) in [7, 11) is 0. The number of fused-ring (bicyclic) bond motifs is 3. The van der Waals surface area contributed by atoms with Gasteiger partial charge in [-0.3, -0.25) is 4.90 Å². The number of rotatable bonds is 3. The van der Waals surface area contributed by atoms with E-state index >= 15 is 0 Å². The highest BCUT2D eigenvalue weighted by Gasteiger charge is 2.39. The van der Waals surface area contributed by atoms with Gasteiger partial charge in [0.2, 0.25) is 0 Å². The summed E-state index contributed by atoms with van der Waals surface area (Å²) in [5, 5.41) is 12.7. The van der Waals surface area contributed by atoms with Crippen molar-refractivity contribution in [2.45, 2.75) is 25.2 Å². The fourth-order valence-electron chi connectivity index (χ4n) is 4.08. The smallest absolute Gasteiger partial charge is 0.117 e. The molecule has 126 valence electrons. The molecule has 1 saturated heterocycles. The van der Waals surface area contributed by atoms with Crippen LogP contribution in [0.5, 0.6) is 0 Å². The Kier molecular flexibility index (Phi) is 3.61. The topological polar surface area (TPSA) is 46.0 Å². The predicted octanol–water partition coefficient (Wildman–Crippen LogP) is 2.47. The van der Waals surface area contributed by atoms with Crippen LogP contribution >= 0.6 is 0 Å². The minimum absolute atomic E-state index is 0.359. The largest absolute Gasteiger partial charge is 0.305 e. The molecule has 0 saturated carbocycles. The Labute approximate surface area is 147 Å². The second-order valence-electron chi connectivity index (χ2n) is 6.93. The van der Waals surface area contributed by atoms with Crippen molar-refractivity contribution in [2.75, 3.05) is 13.1 Å². The van der Waals surface area contributed by atoms with Crippen molar-refractivity contribution in [3.05, 3.63) is 71.9 Å². The molecular weight excluding hydrogens is 310 g/mol. The molecule has 3 heterocycles. The highest BCUT2D eigenvalue weighted by Crippen LogP contribution is 2.31. The van der Waals surface area contributed by atoms with Gasteiger partial charge in [0.25, 0.3) is 0 Å². The van der Waals surface area contributed by atoms with E-state index in [-0.39, 0.29) is 0 Å². The Morgan fingerprint density at radius 2 is 1.72 bits per heavy atom. The lowest BCUT2D eigenvalue weighted by Crippen LogP contribution is -2.42. The van der Waals surface area contributed by atoms with Crippen LogP contribution in [-0.2, 0) is 13.1 Å². The van der Waals surface area contributed by atoms with Crippen LogP contribution in [0.2, 0.25) is 0 Å². The van der Waals surface area contributed by atoms with Crippen LogP contribution in [-0.4, -0.2) is 39.0 Å². The number of likely N-dealkylation sites (tertiary alicyclic amines) is 1. The second-order valence-corrected chi connectivity index (χ2v) is 6.93. The highest BCUT2D eigenvalue weighted by molar-refractivity contribution is 5.61. The third kappa shape index (κ3) is 2.65. The maximum atomic E-state index is 4.52. The summed E-state index contributed by atoms with van der Waals surface area (Å²) in [5.41, 5.74) is 4.72. The van der Waals surface area contributed by atoms with Crippen LogP contribution in [0.4, 0.5) is 0 Å². The molecule has 2 aromatic carbocycles. The highest BCUT2D eigenvalue weighted by atomic mass is 15.5. The zero-order valence-corrected chi connectivity index (χ0v) is 14.0. The number of hydrogen-bond acceptors (Lipinski definition) is 4. The summed E-state index contributed by atoms with van der Waals surface area (Å²) < 4.78 is 2.16. The Morgan fingerprint density at radius 1 is 0.960 bits per heavy atom. The lowest BCUT2D eigenvalue weighted by Gasteiger charge is -2.27. The van der Waals surface area contributed by atoms with Gasteiger partial charge in [0.15, 0.2) is 0 Å². The van der Waals surface area contributed by atoms with Gasteiger partial charge in [-0.2, -0.15) is 0 Å². The first-order valence-corrected chi connectivity index (χ1v) is 8.87. The number of nitrogens with zero attached hydrogens (tertiary/aromatic N) is 4. The first-order valence-electron chi connectivity index (χ1n) is 8.87. The second kappa shape index (κ2) is 6.10. The molecule has 5 heteroatoms. The van der Waals surface area contributed by atoms with Crippen LogP contribution in [0, 0.1) is 0 Å². The molecule has 1 aromatic heterocycles. The van der Waals surface area contributed by atoms with Crippen molar-refractivity contribution in [3.63, 3.8) is 0 Å². The molecule has 0 unspecified atom stereocenters. The molecule has 0 aliphatic carbocycles. The van der Waals surface area contributed by atoms with Gasteiger partial charge in [0, 0.05) is 37.8 Å². The molecule has 2 aliphatic rings.